The fraction of sp³-hybridized carbons (Fsp3) is 0.176. The van der Waals surface area contributed by atoms with Gasteiger partial charge in [-0.25, -0.2) is 0 Å². The van der Waals surface area contributed by atoms with E-state index in [0.29, 0.717) is 0 Å². The van der Waals surface area contributed by atoms with Gasteiger partial charge in [-0.15, -0.1) is 0 Å². The van der Waals surface area contributed by atoms with Crippen LogP contribution in [0, 0.1) is 6.92 Å². The molecule has 0 radical (unpaired) electrons. The lowest BCUT2D eigenvalue weighted by atomic mass is 10.0. The third-order valence-corrected chi connectivity index (χ3v) is 2.94. The van der Waals surface area contributed by atoms with Crippen LogP contribution in [0.5, 0.6) is 0 Å². The Balaban J connectivity index is 0.000000574. The molecular formula is C17H19N. The molecule has 0 saturated carbocycles. The molecule has 2 aromatic carbocycles. The molecule has 0 aliphatic carbocycles. The molecule has 92 valence electrons. The van der Waals surface area contributed by atoms with Crippen molar-refractivity contribution in [3.8, 4) is 11.1 Å². The van der Waals surface area contributed by atoms with Crippen LogP contribution in [-0.4, -0.2) is 4.98 Å². The quantitative estimate of drug-likeness (QED) is 0.601. The summed E-state index contributed by atoms with van der Waals surface area (Å²) in [6.07, 6.45) is 1.98. The maximum Gasteiger partial charge on any atom is 0.0454 e. The molecule has 0 bridgehead atoms. The topological polar surface area (TPSA) is 15.8 Å². The lowest BCUT2D eigenvalue weighted by molar-refractivity contribution is 1.46. The number of aromatic amines is 1. The first-order chi connectivity index (χ1) is 8.83. The van der Waals surface area contributed by atoms with Crippen molar-refractivity contribution in [3.05, 3.63) is 60.3 Å². The molecular weight excluding hydrogens is 218 g/mol. The van der Waals surface area contributed by atoms with Crippen molar-refractivity contribution in [1.29, 1.82) is 0 Å². The normalized spacial score (nSPS) is 9.94. The van der Waals surface area contributed by atoms with Gasteiger partial charge in [0.2, 0.25) is 0 Å². The van der Waals surface area contributed by atoms with Gasteiger partial charge in [0.25, 0.3) is 0 Å². The summed E-state index contributed by atoms with van der Waals surface area (Å²) in [5.41, 5.74) is 5.03. The minimum atomic E-state index is 1.19. The van der Waals surface area contributed by atoms with Crippen molar-refractivity contribution < 1.29 is 0 Å². The second kappa shape index (κ2) is 5.54. The smallest absolute Gasteiger partial charge is 0.0454 e. The number of aryl methyl sites for hydroxylation is 1. The van der Waals surface area contributed by atoms with Gasteiger partial charge < -0.3 is 4.98 Å². The summed E-state index contributed by atoms with van der Waals surface area (Å²) in [6.45, 7) is 6.11. The minimum absolute atomic E-state index is 1.19. The van der Waals surface area contributed by atoms with Crippen molar-refractivity contribution in [2.45, 2.75) is 20.8 Å². The van der Waals surface area contributed by atoms with Crippen molar-refractivity contribution >= 4 is 10.9 Å². The lowest BCUT2D eigenvalue weighted by Gasteiger charge is -2.02. The Bertz CT molecular complexity index is 617. The van der Waals surface area contributed by atoms with Gasteiger partial charge in [0.1, 0.15) is 0 Å². The summed E-state index contributed by atoms with van der Waals surface area (Å²) < 4.78 is 0. The number of aromatic nitrogens is 1. The van der Waals surface area contributed by atoms with Gasteiger partial charge in [-0.3, -0.25) is 0 Å². The average Bonchev–Trinajstić information content (AvgIpc) is 2.89. The molecule has 0 atom stereocenters. The summed E-state index contributed by atoms with van der Waals surface area (Å²) in [7, 11) is 0. The van der Waals surface area contributed by atoms with Gasteiger partial charge in [0.05, 0.1) is 0 Å². The standard InChI is InChI=1S/C15H13N.C2H6/c1-11-2-4-12(5-3-11)13-6-7-15-14(10-13)8-9-16-15;1-2/h2-10,16H,1H3;1-2H3. The maximum absolute atomic E-state index is 3.21. The Morgan fingerprint density at radius 3 is 2.17 bits per heavy atom. The third-order valence-electron chi connectivity index (χ3n) is 2.94. The monoisotopic (exact) mass is 237 g/mol. The largest absolute Gasteiger partial charge is 0.361 e. The third kappa shape index (κ3) is 2.45. The predicted octanol–water partition coefficient (Wildman–Crippen LogP) is 5.17. The van der Waals surface area contributed by atoms with E-state index in [9.17, 15) is 0 Å². The molecule has 0 fully saturated rings. The molecule has 0 unspecified atom stereocenters. The highest BCUT2D eigenvalue weighted by Crippen LogP contribution is 2.23. The van der Waals surface area contributed by atoms with Crippen LogP contribution in [-0.2, 0) is 0 Å². The van der Waals surface area contributed by atoms with Crippen molar-refractivity contribution in [2.24, 2.45) is 0 Å². The number of hydrogen-bond acceptors (Lipinski definition) is 0. The van der Waals surface area contributed by atoms with E-state index < -0.39 is 0 Å². The van der Waals surface area contributed by atoms with Gasteiger partial charge in [-0.1, -0.05) is 49.7 Å². The van der Waals surface area contributed by atoms with E-state index in [4.69, 9.17) is 0 Å². The summed E-state index contributed by atoms with van der Waals surface area (Å²) in [5.74, 6) is 0. The Hall–Kier alpha value is -2.02. The first-order valence-electron chi connectivity index (χ1n) is 6.47. The zero-order valence-corrected chi connectivity index (χ0v) is 11.2. The predicted molar refractivity (Wildman–Crippen MR) is 79.8 cm³/mol. The molecule has 3 aromatic rings. The number of benzene rings is 2. The van der Waals surface area contributed by atoms with Crippen molar-refractivity contribution in [2.75, 3.05) is 0 Å². The van der Waals surface area contributed by atoms with Gasteiger partial charge in [-0.05, 0) is 41.6 Å². The van der Waals surface area contributed by atoms with E-state index in [1.54, 1.807) is 0 Å². The molecule has 0 aliphatic rings. The second-order valence-electron chi connectivity index (χ2n) is 4.15. The molecule has 3 rings (SSSR count). The molecule has 1 aromatic heterocycles. The summed E-state index contributed by atoms with van der Waals surface area (Å²) in [4.78, 5) is 3.21. The zero-order chi connectivity index (χ0) is 13.0. The first kappa shape index (κ1) is 12.4. The molecule has 18 heavy (non-hydrogen) atoms. The van der Waals surface area contributed by atoms with Crippen LogP contribution in [0.3, 0.4) is 0 Å². The van der Waals surface area contributed by atoms with Crippen LogP contribution in [0.15, 0.2) is 54.7 Å². The van der Waals surface area contributed by atoms with Crippen molar-refractivity contribution in [3.63, 3.8) is 0 Å². The highest BCUT2D eigenvalue weighted by atomic mass is 14.7. The Morgan fingerprint density at radius 2 is 1.44 bits per heavy atom. The summed E-state index contributed by atoms with van der Waals surface area (Å²) in [6, 6.07) is 17.2. The van der Waals surface area contributed by atoms with Gasteiger partial charge >= 0.3 is 0 Å². The van der Waals surface area contributed by atoms with E-state index >= 15 is 0 Å². The van der Waals surface area contributed by atoms with E-state index in [0.717, 1.165) is 0 Å². The molecule has 1 N–H and O–H groups in total. The first-order valence-corrected chi connectivity index (χ1v) is 6.47. The van der Waals surface area contributed by atoms with E-state index in [1.807, 2.05) is 20.0 Å². The number of nitrogens with one attached hydrogen (secondary N) is 1. The molecule has 0 amide bonds. The van der Waals surface area contributed by atoms with Gasteiger partial charge in [-0.2, -0.15) is 0 Å². The van der Waals surface area contributed by atoms with Crippen molar-refractivity contribution in [1.82, 2.24) is 4.98 Å². The van der Waals surface area contributed by atoms with Gasteiger partial charge in [0, 0.05) is 11.7 Å². The molecule has 1 nitrogen and oxygen atoms in total. The Kier molecular flexibility index (Phi) is 3.83. The second-order valence-corrected chi connectivity index (χ2v) is 4.15. The van der Waals surface area contributed by atoms with E-state index in [1.165, 1.54) is 27.6 Å². The van der Waals surface area contributed by atoms with Gasteiger partial charge in [0.15, 0.2) is 0 Å². The van der Waals surface area contributed by atoms with Crippen LogP contribution >= 0.6 is 0 Å². The zero-order valence-electron chi connectivity index (χ0n) is 11.2. The maximum atomic E-state index is 3.21. The fourth-order valence-corrected chi connectivity index (χ4v) is 1.98. The van der Waals surface area contributed by atoms with Crippen LogP contribution < -0.4 is 0 Å². The lowest BCUT2D eigenvalue weighted by Crippen LogP contribution is -1.78. The molecule has 1 heteroatoms. The molecule has 0 spiro atoms. The highest BCUT2D eigenvalue weighted by Gasteiger charge is 1.99. The number of H-pyrrole nitrogens is 1. The van der Waals surface area contributed by atoms with Crippen LogP contribution in [0.2, 0.25) is 0 Å². The average molecular weight is 237 g/mol. The number of fused-ring (bicyclic) bond motifs is 1. The number of hydrogen-bond donors (Lipinski definition) is 1. The molecule has 0 aliphatic heterocycles. The van der Waals surface area contributed by atoms with Crippen LogP contribution in [0.4, 0.5) is 0 Å². The van der Waals surface area contributed by atoms with E-state index in [2.05, 4.69) is 60.4 Å². The van der Waals surface area contributed by atoms with Crippen LogP contribution in [0.25, 0.3) is 22.0 Å². The SMILES string of the molecule is CC.Cc1ccc(-c2ccc3[nH]ccc3c2)cc1. The molecule has 1 heterocycles. The number of rotatable bonds is 1. The Labute approximate surface area is 108 Å². The Morgan fingerprint density at radius 1 is 0.778 bits per heavy atom. The van der Waals surface area contributed by atoms with E-state index in [-0.39, 0.29) is 0 Å². The van der Waals surface area contributed by atoms with Crippen LogP contribution in [0.1, 0.15) is 19.4 Å². The fourth-order valence-electron chi connectivity index (χ4n) is 1.98. The summed E-state index contributed by atoms with van der Waals surface area (Å²) >= 11 is 0. The summed E-state index contributed by atoms with van der Waals surface area (Å²) in [5, 5.41) is 1.26. The molecule has 0 saturated heterocycles. The minimum Gasteiger partial charge on any atom is -0.361 e. The highest BCUT2D eigenvalue weighted by molar-refractivity contribution is 5.84.